The summed E-state index contributed by atoms with van der Waals surface area (Å²) in [7, 11) is 3.01. The van der Waals surface area contributed by atoms with Crippen LogP contribution in [0.4, 0.5) is 0 Å². The van der Waals surface area contributed by atoms with E-state index in [0.29, 0.717) is 22.5 Å². The van der Waals surface area contributed by atoms with Gasteiger partial charge in [-0.1, -0.05) is 36.4 Å². The van der Waals surface area contributed by atoms with Crippen molar-refractivity contribution in [3.05, 3.63) is 104 Å². The number of ketones is 2. The van der Waals surface area contributed by atoms with Crippen LogP contribution in [0.25, 0.3) is 22.3 Å². The summed E-state index contributed by atoms with van der Waals surface area (Å²) in [5, 5.41) is 40.5. The van der Waals surface area contributed by atoms with E-state index in [1.807, 2.05) is 30.3 Å². The van der Waals surface area contributed by atoms with Crippen LogP contribution in [-0.4, -0.2) is 46.2 Å². The van der Waals surface area contributed by atoms with Gasteiger partial charge in [-0.15, -0.1) is 0 Å². The summed E-state index contributed by atoms with van der Waals surface area (Å²) >= 11 is 0. The number of carbonyl (C=O) groups excluding carboxylic acids is 2. The highest BCUT2D eigenvalue weighted by Crippen LogP contribution is 2.45. The van der Waals surface area contributed by atoms with Crippen molar-refractivity contribution in [2.24, 2.45) is 0 Å². The van der Waals surface area contributed by atoms with Gasteiger partial charge in [-0.3, -0.25) is 14.4 Å². The van der Waals surface area contributed by atoms with E-state index in [9.17, 15) is 34.8 Å². The third kappa shape index (κ3) is 4.58. The number of aryl methyl sites for hydroxylation is 2. The highest BCUT2D eigenvalue weighted by molar-refractivity contribution is 6.32. The fraction of sp³-hybridized carbons (Fsp3) is 0.121. The van der Waals surface area contributed by atoms with Crippen LogP contribution in [-0.2, 0) is 0 Å². The molecule has 10 heteroatoms. The molecule has 4 aromatic carbocycles. The third-order valence-corrected chi connectivity index (χ3v) is 7.15. The molecule has 1 aliphatic rings. The Morgan fingerprint density at radius 1 is 0.651 bits per heavy atom. The Bertz CT molecular complexity index is 1930. The molecule has 218 valence electrons. The predicted molar refractivity (Wildman–Crippen MR) is 157 cm³/mol. The summed E-state index contributed by atoms with van der Waals surface area (Å²) in [6.45, 7) is 2.93. The first-order valence-electron chi connectivity index (χ1n) is 12.9. The van der Waals surface area contributed by atoms with Crippen molar-refractivity contribution in [2.75, 3.05) is 14.2 Å². The van der Waals surface area contributed by atoms with E-state index < -0.39 is 34.6 Å². The number of methoxy groups -OCH3 is 2. The lowest BCUT2D eigenvalue weighted by atomic mass is 9.80. The highest BCUT2D eigenvalue weighted by Gasteiger charge is 2.39. The number of hydrogen-bond acceptors (Lipinski definition) is 10. The van der Waals surface area contributed by atoms with Gasteiger partial charge in [-0.05, 0) is 49.2 Å². The Labute approximate surface area is 244 Å². The Morgan fingerprint density at radius 2 is 1.19 bits per heavy atom. The quantitative estimate of drug-likeness (QED) is 0.199. The van der Waals surface area contributed by atoms with Crippen LogP contribution in [0.1, 0.15) is 43.0 Å². The smallest absolute Gasteiger partial charge is 0.235 e. The molecule has 0 atom stereocenters. The van der Waals surface area contributed by atoms with Crippen molar-refractivity contribution in [1.82, 2.24) is 0 Å². The van der Waals surface area contributed by atoms with Gasteiger partial charge in [0.1, 0.15) is 23.0 Å². The lowest BCUT2D eigenvalue weighted by Gasteiger charge is -2.22. The van der Waals surface area contributed by atoms with Crippen LogP contribution < -0.4 is 14.9 Å². The highest BCUT2D eigenvalue weighted by atomic mass is 16.5. The number of hydrogen-bond donors (Lipinski definition) is 4. The second-order valence-electron chi connectivity index (χ2n) is 9.78. The average Bonchev–Trinajstić information content (AvgIpc) is 3.00. The molecule has 0 aliphatic heterocycles. The summed E-state index contributed by atoms with van der Waals surface area (Å²) in [6.07, 6.45) is 0. The standard InChI is InChI=1S/C17H14O4.C16H12O6/c1-19-13-10-6-9-12-14(18)17(20-2)15(21-16(12)13)11-7-4-3-5-8-11;1-5-3-7(17)9-11(13(5)19)15(21)10-8(18)4-6(2)14(20)12(10)16(9)22/h3-10H,1-2H3;3-4,17-20H,1-2H3. The van der Waals surface area contributed by atoms with Crippen molar-refractivity contribution < 1.29 is 43.9 Å². The van der Waals surface area contributed by atoms with Gasteiger partial charge in [-0.2, -0.15) is 0 Å². The third-order valence-electron chi connectivity index (χ3n) is 7.15. The first-order valence-corrected chi connectivity index (χ1v) is 12.9. The summed E-state index contributed by atoms with van der Waals surface area (Å²) in [5.74, 6) is -2.33. The molecule has 5 aromatic rings. The maximum Gasteiger partial charge on any atom is 0.235 e. The van der Waals surface area contributed by atoms with Gasteiger partial charge in [0, 0.05) is 5.56 Å². The number of para-hydroxylation sites is 1. The zero-order valence-corrected chi connectivity index (χ0v) is 23.5. The maximum absolute atomic E-state index is 12.6. The number of fused-ring (bicyclic) bond motifs is 3. The lowest BCUT2D eigenvalue weighted by molar-refractivity contribution is 0.0969. The Kier molecular flexibility index (Phi) is 7.29. The molecule has 0 unspecified atom stereocenters. The topological polar surface area (TPSA) is 164 Å². The number of benzene rings is 4. The summed E-state index contributed by atoms with van der Waals surface area (Å²) in [4.78, 5) is 37.7. The molecule has 0 amide bonds. The molecule has 6 rings (SSSR count). The molecule has 10 nitrogen and oxygen atoms in total. The van der Waals surface area contributed by atoms with E-state index in [4.69, 9.17) is 13.9 Å². The van der Waals surface area contributed by atoms with E-state index in [-0.39, 0.29) is 44.6 Å². The van der Waals surface area contributed by atoms with Crippen molar-refractivity contribution >= 4 is 22.5 Å². The van der Waals surface area contributed by atoms with Crippen molar-refractivity contribution in [3.8, 4) is 45.8 Å². The molecule has 43 heavy (non-hydrogen) atoms. The molecular formula is C33H26O10. The fourth-order valence-electron chi connectivity index (χ4n) is 5.03. The minimum absolute atomic E-state index is 0.196. The van der Waals surface area contributed by atoms with Gasteiger partial charge in [0.2, 0.25) is 22.7 Å². The van der Waals surface area contributed by atoms with Gasteiger partial charge in [-0.25, -0.2) is 0 Å². The number of phenolic OH excluding ortho intramolecular Hbond substituents is 4. The lowest BCUT2D eigenvalue weighted by Crippen LogP contribution is -2.22. The predicted octanol–water partition coefficient (Wildman–Crippen LogP) is 5.38. The summed E-state index contributed by atoms with van der Waals surface area (Å²) in [6, 6.07) is 16.9. The van der Waals surface area contributed by atoms with Crippen molar-refractivity contribution in [2.45, 2.75) is 13.8 Å². The average molecular weight is 583 g/mol. The van der Waals surface area contributed by atoms with E-state index >= 15 is 0 Å². The second kappa shape index (κ2) is 10.9. The maximum atomic E-state index is 12.6. The first-order chi connectivity index (χ1) is 20.5. The second-order valence-corrected chi connectivity index (χ2v) is 9.78. The number of rotatable bonds is 3. The zero-order chi connectivity index (χ0) is 31.2. The first kappa shape index (κ1) is 28.7. The van der Waals surface area contributed by atoms with E-state index in [1.165, 1.54) is 21.0 Å². The van der Waals surface area contributed by atoms with Gasteiger partial charge in [0.25, 0.3) is 0 Å². The molecule has 0 saturated carbocycles. The summed E-state index contributed by atoms with van der Waals surface area (Å²) in [5.41, 5.74) is -0.0577. The molecule has 0 radical (unpaired) electrons. The van der Waals surface area contributed by atoms with Crippen LogP contribution in [0, 0.1) is 13.8 Å². The SMILES string of the molecule is COc1c(-c2ccccc2)oc2c(OC)cccc2c1=O.Cc1cc(O)c2c(c1O)C(=O)c1c(O)cc(C)c(O)c1C2=O. The Hall–Kier alpha value is -5.77. The van der Waals surface area contributed by atoms with E-state index in [2.05, 4.69) is 0 Å². The minimum atomic E-state index is -0.825. The monoisotopic (exact) mass is 582 g/mol. The fourth-order valence-corrected chi connectivity index (χ4v) is 5.03. The molecule has 1 heterocycles. The Morgan fingerprint density at radius 3 is 1.67 bits per heavy atom. The number of ether oxygens (including phenoxy) is 2. The number of aromatic hydroxyl groups is 4. The van der Waals surface area contributed by atoms with Crippen molar-refractivity contribution in [1.29, 1.82) is 0 Å². The molecule has 0 spiro atoms. The van der Waals surface area contributed by atoms with Gasteiger partial charge in [0.15, 0.2) is 17.1 Å². The Balaban J connectivity index is 0.000000171. The summed E-state index contributed by atoms with van der Waals surface area (Å²) < 4.78 is 16.5. The molecular weight excluding hydrogens is 556 g/mol. The largest absolute Gasteiger partial charge is 0.507 e. The molecule has 0 fully saturated rings. The van der Waals surface area contributed by atoms with Crippen molar-refractivity contribution in [3.63, 3.8) is 0 Å². The van der Waals surface area contributed by atoms with Gasteiger partial charge < -0.3 is 34.3 Å². The minimum Gasteiger partial charge on any atom is -0.507 e. The number of carbonyl (C=O) groups is 2. The molecule has 0 bridgehead atoms. The van der Waals surface area contributed by atoms with Crippen LogP contribution in [0.3, 0.4) is 0 Å². The number of phenols is 4. The molecule has 0 saturated heterocycles. The van der Waals surface area contributed by atoms with Crippen LogP contribution in [0.5, 0.6) is 34.5 Å². The molecule has 1 aliphatic carbocycles. The molecule has 4 N–H and O–H groups in total. The normalized spacial score (nSPS) is 11.8. The van der Waals surface area contributed by atoms with E-state index in [1.54, 1.807) is 25.3 Å². The van der Waals surface area contributed by atoms with Gasteiger partial charge in [0.05, 0.1) is 41.9 Å². The van der Waals surface area contributed by atoms with Gasteiger partial charge >= 0.3 is 0 Å². The van der Waals surface area contributed by atoms with Crippen LogP contribution >= 0.6 is 0 Å². The molecule has 1 aromatic heterocycles. The van der Waals surface area contributed by atoms with Crippen LogP contribution in [0.15, 0.2) is 69.9 Å². The zero-order valence-electron chi connectivity index (χ0n) is 23.5. The van der Waals surface area contributed by atoms with E-state index in [0.717, 1.165) is 17.7 Å². The van der Waals surface area contributed by atoms with Crippen LogP contribution in [0.2, 0.25) is 0 Å².